The predicted molar refractivity (Wildman–Crippen MR) is 89.2 cm³/mol. The van der Waals surface area contributed by atoms with Crippen LogP contribution >= 0.6 is 0 Å². The Labute approximate surface area is 144 Å². The first-order chi connectivity index (χ1) is 11.7. The number of aliphatic carboxylic acids is 1. The number of nitrogens with one attached hydrogen (secondary N) is 1. The molecule has 0 fully saturated rings. The molecule has 1 amide bonds. The summed E-state index contributed by atoms with van der Waals surface area (Å²) in [5.41, 5.74) is 1.31. The molecule has 0 aliphatic rings. The number of fused-ring (bicyclic) bond motifs is 1. The number of carboxylic acids is 1. The minimum absolute atomic E-state index is 0.310. The maximum atomic E-state index is 11.9. The molecule has 7 nitrogen and oxygen atoms in total. The van der Waals surface area contributed by atoms with Crippen LogP contribution in [-0.4, -0.2) is 24.5 Å². The molecule has 0 spiro atoms. The number of hydrogen-bond donors (Lipinski definition) is 1. The van der Waals surface area contributed by atoms with Gasteiger partial charge in [-0.05, 0) is 37.5 Å². The van der Waals surface area contributed by atoms with Gasteiger partial charge in [-0.25, -0.2) is 4.79 Å². The average molecular weight is 346 g/mol. The summed E-state index contributed by atoms with van der Waals surface area (Å²) in [4.78, 5) is 34.6. The van der Waals surface area contributed by atoms with Crippen molar-refractivity contribution in [2.75, 3.05) is 6.61 Å². The van der Waals surface area contributed by atoms with Crippen molar-refractivity contribution in [3.05, 3.63) is 39.7 Å². The fourth-order valence-corrected chi connectivity index (χ4v) is 2.38. The first-order valence-corrected chi connectivity index (χ1v) is 7.87. The van der Waals surface area contributed by atoms with Crippen LogP contribution < -0.4 is 20.8 Å². The van der Waals surface area contributed by atoms with Crippen molar-refractivity contribution < 1.29 is 23.8 Å². The number of hydrogen-bond acceptors (Lipinski definition) is 6. The Morgan fingerprint density at radius 3 is 2.52 bits per heavy atom. The lowest BCUT2D eigenvalue weighted by molar-refractivity contribution is -0.309. The van der Waals surface area contributed by atoms with Crippen LogP contribution in [-0.2, 0) is 9.59 Å². The molecule has 1 aromatic carbocycles. The number of ether oxygens (including phenoxy) is 1. The molecule has 7 heteroatoms. The Hall–Kier alpha value is -2.83. The number of carboxylic acid groups (broad SMARTS) is 1. The molecule has 2 aromatic rings. The van der Waals surface area contributed by atoms with Gasteiger partial charge in [0.15, 0.2) is 6.61 Å². The molecule has 0 aliphatic carbocycles. The Morgan fingerprint density at radius 2 is 1.92 bits per heavy atom. The highest BCUT2D eigenvalue weighted by Crippen LogP contribution is 2.23. The molecule has 0 bridgehead atoms. The minimum atomic E-state index is -1.35. The van der Waals surface area contributed by atoms with Crippen molar-refractivity contribution in [1.82, 2.24) is 5.32 Å². The molecule has 25 heavy (non-hydrogen) atoms. The van der Waals surface area contributed by atoms with Crippen molar-refractivity contribution in [3.8, 4) is 5.75 Å². The van der Waals surface area contributed by atoms with Crippen molar-refractivity contribution in [2.45, 2.75) is 33.7 Å². The molecule has 0 saturated carbocycles. The van der Waals surface area contributed by atoms with E-state index in [1.54, 1.807) is 32.9 Å². The van der Waals surface area contributed by atoms with E-state index in [2.05, 4.69) is 5.32 Å². The van der Waals surface area contributed by atoms with Crippen LogP contribution in [0.15, 0.2) is 27.4 Å². The fraction of sp³-hybridized carbons (Fsp3) is 0.389. The molecule has 0 unspecified atom stereocenters. The van der Waals surface area contributed by atoms with Crippen LogP contribution in [0.4, 0.5) is 0 Å². The highest BCUT2D eigenvalue weighted by atomic mass is 16.5. The standard InChI is InChI=1S/C18H21NO6/c1-9(2)16(17(21)22)19-15(20)8-24-12-5-6-13-10(3)11(4)18(23)25-14(13)7-12/h5-7,9,16H,8H2,1-4H3,(H,19,20)(H,21,22)/p-1/t16-/m0/s1. The fourth-order valence-electron chi connectivity index (χ4n) is 2.38. The summed E-state index contributed by atoms with van der Waals surface area (Å²) in [7, 11) is 0. The second kappa shape index (κ2) is 7.38. The summed E-state index contributed by atoms with van der Waals surface area (Å²) >= 11 is 0. The molecule has 0 radical (unpaired) electrons. The van der Waals surface area contributed by atoms with Crippen LogP contribution in [0.25, 0.3) is 11.0 Å². The maximum Gasteiger partial charge on any atom is 0.339 e. The van der Waals surface area contributed by atoms with Gasteiger partial charge in [-0.2, -0.15) is 0 Å². The Morgan fingerprint density at radius 1 is 1.24 bits per heavy atom. The second-order valence-corrected chi connectivity index (χ2v) is 6.19. The van der Waals surface area contributed by atoms with E-state index in [9.17, 15) is 19.5 Å². The lowest BCUT2D eigenvalue weighted by Gasteiger charge is -2.23. The number of carbonyl (C=O) groups excluding carboxylic acids is 2. The largest absolute Gasteiger partial charge is 0.548 e. The molecule has 2 rings (SSSR count). The zero-order chi connectivity index (χ0) is 18.7. The average Bonchev–Trinajstić information content (AvgIpc) is 2.55. The third-order valence-corrected chi connectivity index (χ3v) is 4.04. The monoisotopic (exact) mass is 346 g/mol. The Balaban J connectivity index is 2.11. The van der Waals surface area contributed by atoms with Crippen molar-refractivity contribution in [2.24, 2.45) is 5.92 Å². The van der Waals surface area contributed by atoms with Gasteiger partial charge < -0.3 is 24.4 Å². The molecule has 134 valence electrons. The summed E-state index contributed by atoms with van der Waals surface area (Å²) in [5, 5.41) is 14.1. The maximum absolute atomic E-state index is 11.9. The van der Waals surface area contributed by atoms with Crippen LogP contribution in [0.2, 0.25) is 0 Å². The van der Waals surface area contributed by atoms with Gasteiger partial charge >= 0.3 is 5.63 Å². The molecule has 1 aromatic heterocycles. The van der Waals surface area contributed by atoms with Gasteiger partial charge in [-0.1, -0.05) is 13.8 Å². The van der Waals surface area contributed by atoms with Gasteiger partial charge in [0.1, 0.15) is 11.3 Å². The SMILES string of the molecule is Cc1c(C)c2ccc(OCC(=O)N[C@H](C(=O)[O-])C(C)C)cc2oc1=O. The predicted octanol–water partition coefficient (Wildman–Crippen LogP) is 0.679. The van der Waals surface area contributed by atoms with Crippen LogP contribution in [0.1, 0.15) is 25.0 Å². The van der Waals surface area contributed by atoms with Crippen LogP contribution in [0.3, 0.4) is 0 Å². The van der Waals surface area contributed by atoms with Gasteiger partial charge in [0.05, 0.1) is 12.0 Å². The topological polar surface area (TPSA) is 109 Å². The highest BCUT2D eigenvalue weighted by Gasteiger charge is 2.17. The molecule has 1 atom stereocenters. The Kier molecular flexibility index (Phi) is 5.46. The number of aryl methyl sites for hydroxylation is 1. The molecule has 1 heterocycles. The van der Waals surface area contributed by atoms with Crippen LogP contribution in [0, 0.1) is 19.8 Å². The lowest BCUT2D eigenvalue weighted by atomic mass is 10.1. The normalized spacial score (nSPS) is 12.2. The molecule has 1 N–H and O–H groups in total. The van der Waals surface area contributed by atoms with E-state index in [1.165, 1.54) is 6.07 Å². The van der Waals surface area contributed by atoms with Crippen molar-refractivity contribution in [3.63, 3.8) is 0 Å². The quantitative estimate of drug-likeness (QED) is 0.771. The third kappa shape index (κ3) is 4.17. The zero-order valence-corrected chi connectivity index (χ0v) is 14.5. The smallest absolute Gasteiger partial charge is 0.339 e. The van der Waals surface area contributed by atoms with Crippen LogP contribution in [0.5, 0.6) is 5.75 Å². The van der Waals surface area contributed by atoms with E-state index >= 15 is 0 Å². The first kappa shape index (κ1) is 18.5. The van der Waals surface area contributed by atoms with Gasteiger partial charge in [-0.15, -0.1) is 0 Å². The Bertz CT molecular complexity index is 868. The molecule has 0 aliphatic heterocycles. The van der Waals surface area contributed by atoms with E-state index in [1.807, 2.05) is 6.92 Å². The van der Waals surface area contributed by atoms with Crippen molar-refractivity contribution >= 4 is 22.8 Å². The van der Waals surface area contributed by atoms with Gasteiger partial charge in [0, 0.05) is 17.0 Å². The van der Waals surface area contributed by atoms with E-state index < -0.39 is 23.5 Å². The first-order valence-electron chi connectivity index (χ1n) is 7.87. The van der Waals surface area contributed by atoms with E-state index in [0.29, 0.717) is 16.9 Å². The third-order valence-electron chi connectivity index (χ3n) is 4.04. The number of benzene rings is 1. The number of rotatable bonds is 6. The van der Waals surface area contributed by atoms with Crippen molar-refractivity contribution in [1.29, 1.82) is 0 Å². The second-order valence-electron chi connectivity index (χ2n) is 6.19. The van der Waals surface area contributed by atoms with Gasteiger partial charge in [0.2, 0.25) is 0 Å². The van der Waals surface area contributed by atoms with Gasteiger partial charge in [0.25, 0.3) is 5.91 Å². The lowest BCUT2D eigenvalue weighted by Crippen LogP contribution is -2.51. The highest BCUT2D eigenvalue weighted by molar-refractivity contribution is 5.84. The van der Waals surface area contributed by atoms with E-state index in [0.717, 1.165) is 10.9 Å². The molecular formula is C18H20NO6-. The zero-order valence-electron chi connectivity index (χ0n) is 14.5. The summed E-state index contributed by atoms with van der Waals surface area (Å²) in [6, 6.07) is 3.83. The minimum Gasteiger partial charge on any atom is -0.548 e. The molecule has 0 saturated heterocycles. The number of amides is 1. The summed E-state index contributed by atoms with van der Waals surface area (Å²) in [6.45, 7) is 6.48. The van der Waals surface area contributed by atoms with Gasteiger partial charge in [-0.3, -0.25) is 4.79 Å². The number of carbonyl (C=O) groups is 2. The van der Waals surface area contributed by atoms with E-state index in [-0.39, 0.29) is 12.5 Å². The summed E-state index contributed by atoms with van der Waals surface area (Å²) in [6.07, 6.45) is 0. The summed E-state index contributed by atoms with van der Waals surface area (Å²) in [5.74, 6) is -1.90. The summed E-state index contributed by atoms with van der Waals surface area (Å²) < 4.78 is 10.6. The van der Waals surface area contributed by atoms with E-state index in [4.69, 9.17) is 9.15 Å². The molecular weight excluding hydrogens is 326 g/mol.